The Hall–Kier alpha value is -2.06. The van der Waals surface area contributed by atoms with E-state index >= 15 is 0 Å². The zero-order chi connectivity index (χ0) is 36.6. The van der Waals surface area contributed by atoms with Crippen molar-refractivity contribution in [1.82, 2.24) is 0 Å². The molecule has 0 aliphatic carbocycles. The maximum absolute atomic E-state index is 12.5. The quantitative estimate of drug-likeness (QED) is 0.0284. The van der Waals surface area contributed by atoms with Crippen molar-refractivity contribution in [3.63, 3.8) is 0 Å². The molecule has 2 atom stereocenters. The van der Waals surface area contributed by atoms with Crippen molar-refractivity contribution in [3.05, 3.63) is 72.9 Å². The first-order valence-corrected chi connectivity index (χ1v) is 20.9. The van der Waals surface area contributed by atoms with Crippen LogP contribution < -0.4 is 5.73 Å². The number of unbranched alkanes of at least 4 members (excludes halogenated alkanes) is 11. The van der Waals surface area contributed by atoms with Gasteiger partial charge in [0.1, 0.15) is 6.10 Å². The van der Waals surface area contributed by atoms with Gasteiger partial charge in [0.15, 0.2) is 0 Å². The van der Waals surface area contributed by atoms with Crippen molar-refractivity contribution >= 4 is 13.8 Å². The normalized spacial score (nSPS) is 14.4. The topological polar surface area (TPSA) is 117 Å². The number of nitrogens with two attached hydrogens (primary N) is 1. The number of carbonyl (C=O) groups is 1. The zero-order valence-electron chi connectivity index (χ0n) is 31.6. The molecule has 0 aliphatic rings. The summed E-state index contributed by atoms with van der Waals surface area (Å²) >= 11 is 0. The fraction of sp³-hybridized carbons (Fsp3) is 0.683. The maximum atomic E-state index is 12.5. The van der Waals surface area contributed by atoms with Crippen LogP contribution in [0.2, 0.25) is 0 Å². The third-order valence-corrected chi connectivity index (χ3v) is 8.60. The van der Waals surface area contributed by atoms with Crippen molar-refractivity contribution < 1.29 is 32.8 Å². The molecule has 0 rings (SSSR count). The molecule has 288 valence electrons. The molecule has 0 heterocycles. The molecule has 0 radical (unpaired) electrons. The Morgan fingerprint density at radius 2 is 1.06 bits per heavy atom. The molecule has 2 unspecified atom stereocenters. The van der Waals surface area contributed by atoms with Gasteiger partial charge in [-0.15, -0.1) is 0 Å². The highest BCUT2D eigenvalue weighted by Crippen LogP contribution is 2.43. The van der Waals surface area contributed by atoms with E-state index in [0.29, 0.717) is 13.0 Å². The Bertz CT molecular complexity index is 989. The Kier molecular flexibility index (Phi) is 36.6. The monoisotopic (exact) mass is 722 g/mol. The first-order chi connectivity index (χ1) is 24.4. The van der Waals surface area contributed by atoms with E-state index in [1.54, 1.807) is 0 Å². The molecular weight excluding hydrogens is 649 g/mol. The number of carbonyl (C=O) groups excluding carboxylic acids is 1. The molecule has 0 aliphatic heterocycles. The minimum atomic E-state index is -4.28. The summed E-state index contributed by atoms with van der Waals surface area (Å²) in [5, 5.41) is 0. The van der Waals surface area contributed by atoms with E-state index in [4.69, 9.17) is 24.3 Å². The summed E-state index contributed by atoms with van der Waals surface area (Å²) in [4.78, 5) is 22.4. The van der Waals surface area contributed by atoms with E-state index in [-0.39, 0.29) is 32.3 Å². The first kappa shape index (κ1) is 47.9. The highest BCUT2D eigenvalue weighted by molar-refractivity contribution is 7.47. The number of phosphoric ester groups is 1. The van der Waals surface area contributed by atoms with Crippen molar-refractivity contribution in [2.45, 2.75) is 148 Å². The second-order valence-electron chi connectivity index (χ2n) is 12.4. The summed E-state index contributed by atoms with van der Waals surface area (Å²) in [6.07, 6.45) is 46.3. The highest BCUT2D eigenvalue weighted by atomic mass is 31.2. The second-order valence-corrected chi connectivity index (χ2v) is 13.8. The third kappa shape index (κ3) is 37.2. The predicted octanol–water partition coefficient (Wildman–Crippen LogP) is 11.2. The standard InChI is InChI=1S/C41H72NO7P/c1-3-5-7-9-11-13-15-17-19-21-23-25-27-29-31-33-36-46-38-40(39-48-50(44,45)47-37-35-42)49-41(43)34-32-30-28-26-24-22-20-18-16-14-12-10-8-6-4-2/h5-8,11-14,17-20,40H,3-4,9-10,15-16,21-39,42H2,1-2H3,(H,44,45)/b7-5-,8-6-,13-11-,14-12-,19-17-,20-18-. The van der Waals surface area contributed by atoms with Gasteiger partial charge in [-0.2, -0.15) is 0 Å². The van der Waals surface area contributed by atoms with Crippen LogP contribution in [0.15, 0.2) is 72.9 Å². The van der Waals surface area contributed by atoms with E-state index in [1.807, 2.05) is 0 Å². The minimum absolute atomic E-state index is 0.0909. The second kappa shape index (κ2) is 38.2. The van der Waals surface area contributed by atoms with Gasteiger partial charge in [0.25, 0.3) is 0 Å². The van der Waals surface area contributed by atoms with Gasteiger partial charge in [-0.25, -0.2) is 4.57 Å². The van der Waals surface area contributed by atoms with Crippen LogP contribution in [0.1, 0.15) is 142 Å². The van der Waals surface area contributed by atoms with E-state index < -0.39 is 13.9 Å². The largest absolute Gasteiger partial charge is 0.472 e. The molecule has 0 saturated heterocycles. The molecule has 50 heavy (non-hydrogen) atoms. The lowest BCUT2D eigenvalue weighted by Crippen LogP contribution is -2.28. The van der Waals surface area contributed by atoms with Gasteiger partial charge in [0.2, 0.25) is 0 Å². The van der Waals surface area contributed by atoms with Crippen molar-refractivity contribution in [1.29, 1.82) is 0 Å². The summed E-state index contributed by atoms with van der Waals surface area (Å²) in [7, 11) is -4.28. The number of esters is 1. The van der Waals surface area contributed by atoms with Crippen LogP contribution in [0.25, 0.3) is 0 Å². The number of phosphoric acid groups is 1. The lowest BCUT2D eigenvalue weighted by atomic mass is 10.1. The first-order valence-electron chi connectivity index (χ1n) is 19.4. The van der Waals surface area contributed by atoms with Gasteiger partial charge in [0, 0.05) is 19.6 Å². The van der Waals surface area contributed by atoms with Crippen LogP contribution in [0.3, 0.4) is 0 Å². The Morgan fingerprint density at radius 3 is 1.58 bits per heavy atom. The highest BCUT2D eigenvalue weighted by Gasteiger charge is 2.25. The number of ether oxygens (including phenoxy) is 2. The van der Waals surface area contributed by atoms with E-state index in [0.717, 1.165) is 103 Å². The third-order valence-electron chi connectivity index (χ3n) is 7.62. The molecule has 0 aromatic rings. The van der Waals surface area contributed by atoms with Gasteiger partial charge in [-0.3, -0.25) is 13.8 Å². The Morgan fingerprint density at radius 1 is 0.600 bits per heavy atom. The van der Waals surface area contributed by atoms with Gasteiger partial charge in [-0.1, -0.05) is 132 Å². The van der Waals surface area contributed by atoms with E-state index in [9.17, 15) is 14.3 Å². The lowest BCUT2D eigenvalue weighted by Gasteiger charge is -2.20. The van der Waals surface area contributed by atoms with Gasteiger partial charge < -0.3 is 20.1 Å². The smallest absolute Gasteiger partial charge is 0.457 e. The van der Waals surface area contributed by atoms with Gasteiger partial charge in [0.05, 0.1) is 19.8 Å². The Balaban J connectivity index is 4.15. The number of hydrogen-bond donors (Lipinski definition) is 2. The molecule has 0 aromatic heterocycles. The van der Waals surface area contributed by atoms with Crippen molar-refractivity contribution in [3.8, 4) is 0 Å². The average Bonchev–Trinajstić information content (AvgIpc) is 3.10. The fourth-order valence-electron chi connectivity index (χ4n) is 4.85. The fourth-order valence-corrected chi connectivity index (χ4v) is 5.61. The summed E-state index contributed by atoms with van der Waals surface area (Å²) in [6, 6.07) is 0. The number of allylic oxidation sites excluding steroid dienone is 12. The minimum Gasteiger partial charge on any atom is -0.457 e. The predicted molar refractivity (Wildman–Crippen MR) is 210 cm³/mol. The molecule has 0 fully saturated rings. The van der Waals surface area contributed by atoms with E-state index in [2.05, 4.69) is 86.8 Å². The van der Waals surface area contributed by atoms with Crippen LogP contribution in [-0.2, 0) is 27.9 Å². The summed E-state index contributed by atoms with van der Waals surface area (Å²) in [6.45, 7) is 4.61. The van der Waals surface area contributed by atoms with Crippen molar-refractivity contribution in [2.75, 3.05) is 33.0 Å². The van der Waals surface area contributed by atoms with Crippen LogP contribution in [-0.4, -0.2) is 49.9 Å². The maximum Gasteiger partial charge on any atom is 0.472 e. The number of hydrogen-bond acceptors (Lipinski definition) is 7. The van der Waals surface area contributed by atoms with Gasteiger partial charge in [-0.05, 0) is 77.0 Å². The van der Waals surface area contributed by atoms with Crippen LogP contribution in [0, 0.1) is 0 Å². The average molecular weight is 722 g/mol. The van der Waals surface area contributed by atoms with Crippen LogP contribution in [0.4, 0.5) is 0 Å². The molecule has 0 spiro atoms. The molecule has 0 saturated carbocycles. The number of rotatable bonds is 36. The van der Waals surface area contributed by atoms with Crippen LogP contribution >= 0.6 is 7.82 Å². The molecule has 0 aromatic carbocycles. The molecule has 0 bridgehead atoms. The van der Waals surface area contributed by atoms with Crippen molar-refractivity contribution in [2.24, 2.45) is 5.73 Å². The molecule has 8 nitrogen and oxygen atoms in total. The van der Waals surface area contributed by atoms with Gasteiger partial charge >= 0.3 is 13.8 Å². The van der Waals surface area contributed by atoms with E-state index in [1.165, 1.54) is 19.3 Å². The molecule has 0 amide bonds. The summed E-state index contributed by atoms with van der Waals surface area (Å²) in [5.41, 5.74) is 5.35. The van der Waals surface area contributed by atoms with Crippen LogP contribution in [0.5, 0.6) is 0 Å². The Labute approximate surface area is 305 Å². The summed E-state index contributed by atoms with van der Waals surface area (Å²) < 4.78 is 33.3. The molecular formula is C41H72NO7P. The lowest BCUT2D eigenvalue weighted by molar-refractivity contribution is -0.154. The molecule has 9 heteroatoms. The summed E-state index contributed by atoms with van der Waals surface area (Å²) in [5.74, 6) is -0.356. The SMILES string of the molecule is CC/C=C\C/C=C\C/C=C\CCCCCCCCOCC(COP(=O)(O)OCCN)OC(=O)CCCCCCC/C=C\C/C=C\C/C=C\CC. The zero-order valence-corrected chi connectivity index (χ0v) is 32.5. The molecule has 3 N–H and O–H groups in total.